The van der Waals surface area contributed by atoms with Gasteiger partial charge in [-0.2, -0.15) is 4.31 Å². The van der Waals surface area contributed by atoms with Gasteiger partial charge in [0.1, 0.15) is 16.5 Å². The number of hydrogen-bond donors (Lipinski definition) is 2. The summed E-state index contributed by atoms with van der Waals surface area (Å²) >= 11 is 0. The molecule has 1 heterocycles. The molecule has 3 rings (SSSR count). The molecule has 9 heteroatoms. The van der Waals surface area contributed by atoms with Crippen LogP contribution in [0.25, 0.3) is 0 Å². The predicted molar refractivity (Wildman–Crippen MR) is 100 cm³/mol. The van der Waals surface area contributed by atoms with Crippen LogP contribution < -0.4 is 10.2 Å². The molecule has 2 atom stereocenters. The lowest BCUT2D eigenvalue weighted by molar-refractivity contribution is -0.895. The highest BCUT2D eigenvalue weighted by Crippen LogP contribution is 2.23. The minimum Gasteiger partial charge on any atom is -0.348 e. The van der Waals surface area contributed by atoms with Gasteiger partial charge in [-0.1, -0.05) is 19.8 Å². The van der Waals surface area contributed by atoms with Crippen molar-refractivity contribution in [3.8, 4) is 0 Å². The van der Waals surface area contributed by atoms with Crippen LogP contribution in [0.1, 0.15) is 32.6 Å². The van der Waals surface area contributed by atoms with E-state index in [1.54, 1.807) is 0 Å². The van der Waals surface area contributed by atoms with E-state index in [1.165, 1.54) is 10.7 Å². The molecule has 0 spiro atoms. The van der Waals surface area contributed by atoms with Crippen molar-refractivity contribution in [3.63, 3.8) is 0 Å². The minimum atomic E-state index is -4.01. The number of nitrogens with one attached hydrogen (secondary N) is 2. The zero-order chi connectivity index (χ0) is 20.3. The number of quaternary nitrogens is 1. The molecule has 28 heavy (non-hydrogen) atoms. The number of carbonyl (C=O) groups is 1. The fourth-order valence-corrected chi connectivity index (χ4v) is 5.55. The first-order chi connectivity index (χ1) is 13.3. The number of nitrogens with zero attached hydrogens (tertiary/aromatic N) is 1. The molecule has 1 aromatic carbocycles. The molecule has 0 radical (unpaired) electrons. The summed E-state index contributed by atoms with van der Waals surface area (Å²) < 4.78 is 53.4. The van der Waals surface area contributed by atoms with Gasteiger partial charge in [0.05, 0.1) is 26.2 Å². The molecule has 0 unspecified atom stereocenters. The number of piperazine rings is 1. The Morgan fingerprint density at radius 3 is 2.54 bits per heavy atom. The summed E-state index contributed by atoms with van der Waals surface area (Å²) in [7, 11) is -4.01. The predicted octanol–water partition coefficient (Wildman–Crippen LogP) is 0.549. The number of amides is 1. The van der Waals surface area contributed by atoms with Gasteiger partial charge in [-0.15, -0.1) is 0 Å². The monoisotopic (exact) mass is 416 g/mol. The lowest BCUT2D eigenvalue weighted by Gasteiger charge is -2.33. The number of rotatable bonds is 5. The third-order valence-electron chi connectivity index (χ3n) is 5.81. The van der Waals surface area contributed by atoms with Gasteiger partial charge in [-0.05, 0) is 30.9 Å². The summed E-state index contributed by atoms with van der Waals surface area (Å²) in [6.45, 7) is 3.80. The maximum Gasteiger partial charge on any atom is 0.275 e. The quantitative estimate of drug-likeness (QED) is 0.737. The van der Waals surface area contributed by atoms with E-state index in [0.29, 0.717) is 31.6 Å². The van der Waals surface area contributed by atoms with E-state index in [-0.39, 0.29) is 25.0 Å². The van der Waals surface area contributed by atoms with Crippen molar-refractivity contribution in [2.75, 3.05) is 32.7 Å². The third kappa shape index (κ3) is 4.87. The second-order valence-corrected chi connectivity index (χ2v) is 9.75. The van der Waals surface area contributed by atoms with Crippen molar-refractivity contribution in [2.45, 2.75) is 43.5 Å². The summed E-state index contributed by atoms with van der Waals surface area (Å²) in [5.41, 5.74) is 0. The molecule has 0 bridgehead atoms. The summed E-state index contributed by atoms with van der Waals surface area (Å²) in [4.78, 5) is 12.8. The van der Waals surface area contributed by atoms with E-state index >= 15 is 0 Å². The average Bonchev–Trinajstić information content (AvgIpc) is 2.64. The number of carbonyl (C=O) groups excluding carboxylic acids is 1. The number of benzene rings is 1. The van der Waals surface area contributed by atoms with E-state index in [0.717, 1.165) is 36.3 Å². The Hall–Kier alpha value is -1.58. The molecular weight excluding hydrogens is 388 g/mol. The molecular formula is C19H28F2N3O3S+. The second kappa shape index (κ2) is 8.84. The summed E-state index contributed by atoms with van der Waals surface area (Å²) in [6, 6.07) is 2.70. The molecule has 1 saturated heterocycles. The highest BCUT2D eigenvalue weighted by Gasteiger charge is 2.33. The van der Waals surface area contributed by atoms with Crippen molar-refractivity contribution in [1.29, 1.82) is 0 Å². The molecule has 2 fully saturated rings. The van der Waals surface area contributed by atoms with E-state index in [1.807, 2.05) is 0 Å². The minimum absolute atomic E-state index is 0.00497. The number of hydrogen-bond acceptors (Lipinski definition) is 3. The van der Waals surface area contributed by atoms with Crippen molar-refractivity contribution in [2.24, 2.45) is 5.92 Å². The van der Waals surface area contributed by atoms with Crippen LogP contribution in [0.4, 0.5) is 8.78 Å². The first-order valence-electron chi connectivity index (χ1n) is 9.85. The Morgan fingerprint density at radius 2 is 1.89 bits per heavy atom. The van der Waals surface area contributed by atoms with Crippen LogP contribution >= 0.6 is 0 Å². The van der Waals surface area contributed by atoms with E-state index in [9.17, 15) is 22.0 Å². The zero-order valence-corrected chi connectivity index (χ0v) is 16.9. The van der Waals surface area contributed by atoms with Gasteiger partial charge in [0, 0.05) is 12.1 Å². The van der Waals surface area contributed by atoms with Gasteiger partial charge in [-0.3, -0.25) is 4.79 Å². The van der Waals surface area contributed by atoms with Gasteiger partial charge in [-0.25, -0.2) is 17.2 Å². The van der Waals surface area contributed by atoms with Gasteiger partial charge in [0.2, 0.25) is 10.0 Å². The molecule has 1 aliphatic heterocycles. The van der Waals surface area contributed by atoms with Crippen molar-refractivity contribution < 1.29 is 26.9 Å². The molecule has 6 nitrogen and oxygen atoms in total. The standard InChI is InChI=1S/C19H27F2N3O3S/c1-14-4-2-3-5-17(14)22-19(25)13-23-8-10-24(11-9-23)28(26,27)18-7-6-15(20)12-16(18)21/h6-7,12,14,17H,2-5,8-11,13H2,1H3,(H,22,25)/p+1/t14-,17-/m1/s1. The number of halogens is 2. The van der Waals surface area contributed by atoms with Crippen LogP contribution in [0.3, 0.4) is 0 Å². The summed E-state index contributed by atoms with van der Waals surface area (Å²) in [6.07, 6.45) is 4.49. The van der Waals surface area contributed by atoms with Crippen LogP contribution in [0.15, 0.2) is 23.1 Å². The Morgan fingerprint density at radius 1 is 1.21 bits per heavy atom. The SMILES string of the molecule is C[C@@H]1CCCC[C@H]1NC(=O)C[NH+]1CCN(S(=O)(=O)c2ccc(F)cc2F)CC1. The summed E-state index contributed by atoms with van der Waals surface area (Å²) in [5, 5.41) is 3.12. The van der Waals surface area contributed by atoms with Crippen LogP contribution in [-0.4, -0.2) is 57.4 Å². The zero-order valence-electron chi connectivity index (χ0n) is 16.1. The Balaban J connectivity index is 1.53. The van der Waals surface area contributed by atoms with Crippen LogP contribution in [0.5, 0.6) is 0 Å². The molecule has 1 aliphatic carbocycles. The van der Waals surface area contributed by atoms with Crippen molar-refractivity contribution in [3.05, 3.63) is 29.8 Å². The average molecular weight is 417 g/mol. The fourth-order valence-electron chi connectivity index (χ4n) is 4.06. The highest BCUT2D eigenvalue weighted by molar-refractivity contribution is 7.89. The molecule has 1 aromatic rings. The van der Waals surface area contributed by atoms with E-state index < -0.39 is 26.6 Å². The third-order valence-corrected chi connectivity index (χ3v) is 7.74. The molecule has 2 N–H and O–H groups in total. The smallest absolute Gasteiger partial charge is 0.275 e. The molecule has 1 saturated carbocycles. The van der Waals surface area contributed by atoms with Crippen LogP contribution in [-0.2, 0) is 14.8 Å². The van der Waals surface area contributed by atoms with Crippen LogP contribution in [0, 0.1) is 17.6 Å². The van der Waals surface area contributed by atoms with Gasteiger partial charge >= 0.3 is 0 Å². The Bertz CT molecular complexity index is 811. The lowest BCUT2D eigenvalue weighted by Crippen LogP contribution is -3.15. The lowest BCUT2D eigenvalue weighted by atomic mass is 9.86. The summed E-state index contributed by atoms with van der Waals surface area (Å²) in [5.74, 6) is -1.42. The Labute approximate surface area is 164 Å². The van der Waals surface area contributed by atoms with Crippen molar-refractivity contribution >= 4 is 15.9 Å². The molecule has 156 valence electrons. The van der Waals surface area contributed by atoms with Gasteiger partial charge in [0.15, 0.2) is 6.54 Å². The van der Waals surface area contributed by atoms with Crippen LogP contribution in [0.2, 0.25) is 0 Å². The maximum atomic E-state index is 13.9. The maximum absolute atomic E-state index is 13.9. The second-order valence-electron chi connectivity index (χ2n) is 7.84. The molecule has 0 aromatic heterocycles. The van der Waals surface area contributed by atoms with E-state index in [2.05, 4.69) is 12.2 Å². The fraction of sp³-hybridized carbons (Fsp3) is 0.632. The van der Waals surface area contributed by atoms with Gasteiger partial charge in [0.25, 0.3) is 5.91 Å². The normalized spacial score (nSPS) is 24.8. The first kappa shape index (κ1) is 21.1. The van der Waals surface area contributed by atoms with E-state index in [4.69, 9.17) is 0 Å². The molecule has 1 amide bonds. The number of sulfonamides is 1. The van der Waals surface area contributed by atoms with Gasteiger partial charge < -0.3 is 10.2 Å². The Kier molecular flexibility index (Phi) is 6.67. The highest BCUT2D eigenvalue weighted by atomic mass is 32.2. The molecule has 2 aliphatic rings. The topological polar surface area (TPSA) is 70.9 Å². The first-order valence-corrected chi connectivity index (χ1v) is 11.3. The van der Waals surface area contributed by atoms with Crippen molar-refractivity contribution in [1.82, 2.24) is 9.62 Å². The largest absolute Gasteiger partial charge is 0.348 e.